The van der Waals surface area contributed by atoms with E-state index in [1.165, 1.54) is 12.1 Å². The molecule has 0 aromatic heterocycles. The Morgan fingerprint density at radius 3 is 2.03 bits per heavy atom. The summed E-state index contributed by atoms with van der Waals surface area (Å²) >= 11 is 0. The summed E-state index contributed by atoms with van der Waals surface area (Å²) in [6, 6.07) is 13.1. The van der Waals surface area contributed by atoms with Gasteiger partial charge in [0, 0.05) is 11.6 Å². The van der Waals surface area contributed by atoms with Crippen LogP contribution in [-0.2, 0) is 9.53 Å². The molecule has 0 amide bonds. The van der Waals surface area contributed by atoms with Crippen molar-refractivity contribution in [3.8, 4) is 22.6 Å². The van der Waals surface area contributed by atoms with Gasteiger partial charge in [0.25, 0.3) is 0 Å². The average molecular weight is 501 g/mol. The summed E-state index contributed by atoms with van der Waals surface area (Å²) in [6.07, 6.45) is 1.20. The van der Waals surface area contributed by atoms with E-state index in [0.717, 1.165) is 50.2 Å². The van der Waals surface area contributed by atoms with Crippen LogP contribution in [0.25, 0.3) is 11.1 Å². The van der Waals surface area contributed by atoms with Gasteiger partial charge in [-0.2, -0.15) is 22.0 Å². The van der Waals surface area contributed by atoms with Crippen LogP contribution in [0.4, 0.5) is 22.0 Å². The molecule has 0 aliphatic heterocycles. The maximum atomic E-state index is 13.0. The lowest BCUT2D eigenvalue weighted by molar-refractivity contribution is -0.290. The quantitative estimate of drug-likeness (QED) is 0.111. The first-order valence-corrected chi connectivity index (χ1v) is 11.3. The maximum absolute atomic E-state index is 13.0. The van der Waals surface area contributed by atoms with Crippen LogP contribution in [0.3, 0.4) is 0 Å². The number of hydrogen-bond acceptors (Lipinski definition) is 4. The van der Waals surface area contributed by atoms with E-state index < -0.39 is 24.7 Å². The number of halogens is 5. The van der Waals surface area contributed by atoms with E-state index in [-0.39, 0.29) is 5.75 Å². The number of alkyl halides is 5. The van der Waals surface area contributed by atoms with Crippen molar-refractivity contribution in [2.75, 3.05) is 19.8 Å². The zero-order valence-electron chi connectivity index (χ0n) is 19.3. The minimum Gasteiger partial charge on any atom is -0.493 e. The lowest BCUT2D eigenvalue weighted by Crippen LogP contribution is -2.41. The molecule has 0 radical (unpaired) electrons. The van der Waals surface area contributed by atoms with Crippen molar-refractivity contribution in [2.45, 2.75) is 50.6 Å². The molecule has 0 atom stereocenters. The summed E-state index contributed by atoms with van der Waals surface area (Å²) in [5, 5.41) is 0. The van der Waals surface area contributed by atoms with Crippen molar-refractivity contribution in [2.24, 2.45) is 0 Å². The topological polar surface area (TPSA) is 44.8 Å². The fourth-order valence-corrected chi connectivity index (χ4v) is 3.14. The van der Waals surface area contributed by atoms with E-state index in [2.05, 4.69) is 11.3 Å². The van der Waals surface area contributed by atoms with Crippen LogP contribution >= 0.6 is 0 Å². The molecular weight excluding hydrogens is 471 g/mol. The summed E-state index contributed by atoms with van der Waals surface area (Å²) < 4.78 is 78.4. The molecule has 0 spiro atoms. The third-order valence-electron chi connectivity index (χ3n) is 5.09. The smallest absolute Gasteiger partial charge is 0.456 e. The molecule has 0 fully saturated rings. The fourth-order valence-electron chi connectivity index (χ4n) is 3.14. The monoisotopic (exact) mass is 500 g/mol. The molecule has 0 saturated carbocycles. The van der Waals surface area contributed by atoms with Gasteiger partial charge in [-0.15, -0.1) is 0 Å². The van der Waals surface area contributed by atoms with E-state index >= 15 is 0 Å². The Morgan fingerprint density at radius 1 is 0.800 bits per heavy atom. The molecule has 0 saturated heterocycles. The molecule has 2 rings (SSSR count). The molecule has 4 nitrogen and oxygen atoms in total. The highest BCUT2D eigenvalue weighted by Crippen LogP contribution is 2.36. The molecule has 9 heteroatoms. The highest BCUT2D eigenvalue weighted by molar-refractivity contribution is 5.81. The normalized spacial score (nSPS) is 11.7. The van der Waals surface area contributed by atoms with Gasteiger partial charge >= 0.3 is 18.1 Å². The number of carbonyl (C=O) groups is 1. The Bertz CT molecular complexity index is 926. The van der Waals surface area contributed by atoms with Crippen molar-refractivity contribution in [1.82, 2.24) is 0 Å². The van der Waals surface area contributed by atoms with Crippen LogP contribution in [-0.4, -0.2) is 37.9 Å². The van der Waals surface area contributed by atoms with Gasteiger partial charge < -0.3 is 14.2 Å². The van der Waals surface area contributed by atoms with Crippen LogP contribution in [0.1, 0.15) is 38.5 Å². The van der Waals surface area contributed by atoms with Crippen molar-refractivity contribution >= 4 is 5.97 Å². The number of carbonyl (C=O) groups excluding carboxylic acids is 1. The van der Waals surface area contributed by atoms with Crippen molar-refractivity contribution < 1.29 is 41.0 Å². The molecular formula is C26H29F5O4. The highest BCUT2D eigenvalue weighted by Gasteiger charge is 2.58. The van der Waals surface area contributed by atoms with Crippen LogP contribution in [0.5, 0.6) is 11.5 Å². The van der Waals surface area contributed by atoms with Gasteiger partial charge in [0.2, 0.25) is 0 Å². The summed E-state index contributed by atoms with van der Waals surface area (Å²) in [6.45, 7) is 2.48. The number of hydrogen-bond donors (Lipinski definition) is 0. The molecule has 0 aliphatic carbocycles. The largest absolute Gasteiger partial charge is 0.493 e. The van der Waals surface area contributed by atoms with Crippen LogP contribution in [0.2, 0.25) is 0 Å². The van der Waals surface area contributed by atoms with Gasteiger partial charge in [0.15, 0.2) is 6.61 Å². The Morgan fingerprint density at radius 2 is 1.40 bits per heavy atom. The Balaban J connectivity index is 1.76. The molecule has 2 aromatic carbocycles. The molecule has 0 N–H and O–H groups in total. The Hall–Kier alpha value is -3.10. The van der Waals surface area contributed by atoms with Crippen molar-refractivity contribution in [1.29, 1.82) is 0 Å². The predicted molar refractivity (Wildman–Crippen MR) is 123 cm³/mol. The SMILES string of the molecule is C=CC(=O)OCCCCCCCCOc1ccccc1-c1ccc(OCC(F)(F)C(F)(F)F)cc1. The lowest BCUT2D eigenvalue weighted by Gasteiger charge is -2.19. The van der Waals surface area contributed by atoms with Gasteiger partial charge in [0.05, 0.1) is 13.2 Å². The van der Waals surface area contributed by atoms with Gasteiger partial charge in [-0.05, 0) is 36.6 Å². The zero-order chi connectivity index (χ0) is 25.7. The summed E-state index contributed by atoms with van der Waals surface area (Å²) in [4.78, 5) is 10.9. The minimum absolute atomic E-state index is 0.0880. The molecule has 35 heavy (non-hydrogen) atoms. The Kier molecular flexibility index (Phi) is 11.0. The van der Waals surface area contributed by atoms with Gasteiger partial charge in [-0.25, -0.2) is 4.79 Å². The number of unbranched alkanes of at least 4 members (excludes halogenated alkanes) is 5. The van der Waals surface area contributed by atoms with Crippen LogP contribution < -0.4 is 9.47 Å². The molecule has 0 unspecified atom stereocenters. The van der Waals surface area contributed by atoms with E-state index in [1.807, 2.05) is 24.3 Å². The number of para-hydroxylation sites is 1. The van der Waals surface area contributed by atoms with Gasteiger partial charge in [-0.1, -0.05) is 62.6 Å². The second kappa shape index (κ2) is 13.7. The molecule has 2 aromatic rings. The van der Waals surface area contributed by atoms with Crippen molar-refractivity contribution in [3.63, 3.8) is 0 Å². The summed E-state index contributed by atoms with van der Waals surface area (Å²) in [5.41, 5.74) is 1.49. The summed E-state index contributed by atoms with van der Waals surface area (Å²) in [5.74, 6) is -4.77. The van der Waals surface area contributed by atoms with E-state index in [4.69, 9.17) is 9.47 Å². The first-order valence-electron chi connectivity index (χ1n) is 11.3. The Labute approximate surface area is 201 Å². The van der Waals surface area contributed by atoms with Crippen LogP contribution in [0, 0.1) is 0 Å². The van der Waals surface area contributed by atoms with E-state index in [0.29, 0.717) is 24.5 Å². The fraction of sp³-hybridized carbons (Fsp3) is 0.423. The van der Waals surface area contributed by atoms with Gasteiger partial charge in [-0.3, -0.25) is 0 Å². The second-order valence-corrected chi connectivity index (χ2v) is 7.85. The van der Waals surface area contributed by atoms with Crippen molar-refractivity contribution in [3.05, 3.63) is 61.2 Å². The molecule has 0 heterocycles. The third kappa shape index (κ3) is 9.58. The predicted octanol–water partition coefficient (Wildman–Crippen LogP) is 7.38. The van der Waals surface area contributed by atoms with E-state index in [1.54, 1.807) is 12.1 Å². The van der Waals surface area contributed by atoms with Crippen LogP contribution in [0.15, 0.2) is 61.2 Å². The first-order chi connectivity index (χ1) is 16.6. The molecule has 0 aliphatic rings. The minimum atomic E-state index is -5.66. The molecule has 192 valence electrons. The van der Waals surface area contributed by atoms with E-state index in [9.17, 15) is 26.7 Å². The number of benzene rings is 2. The highest BCUT2D eigenvalue weighted by atomic mass is 19.4. The van der Waals surface area contributed by atoms with Gasteiger partial charge in [0.1, 0.15) is 11.5 Å². The number of rotatable bonds is 15. The lowest BCUT2D eigenvalue weighted by atomic mass is 10.0. The third-order valence-corrected chi connectivity index (χ3v) is 5.09. The zero-order valence-corrected chi connectivity index (χ0v) is 19.3. The maximum Gasteiger partial charge on any atom is 0.456 e. The standard InChI is InChI=1S/C26H29F5O4/c1-2-24(32)34-18-10-6-4-3-5-9-17-33-23-12-8-7-11-22(23)20-13-15-21(16-14-20)35-19-25(27,28)26(29,30)31/h2,7-8,11-16H,1,3-6,9-10,17-19H2. The number of esters is 1. The summed E-state index contributed by atoms with van der Waals surface area (Å²) in [7, 11) is 0. The first kappa shape index (κ1) is 28.1. The molecule has 0 bridgehead atoms. The second-order valence-electron chi connectivity index (χ2n) is 7.85. The number of ether oxygens (including phenoxy) is 3. The average Bonchev–Trinajstić information content (AvgIpc) is 2.83.